The number of phenols is 1. The van der Waals surface area contributed by atoms with Crippen molar-refractivity contribution in [3.63, 3.8) is 0 Å². The molecule has 0 heterocycles. The van der Waals surface area contributed by atoms with Gasteiger partial charge in [-0.15, -0.1) is 0 Å². The van der Waals surface area contributed by atoms with Crippen LogP contribution >= 0.6 is 24.4 Å². The molecule has 10 nitrogen and oxygen atoms in total. The van der Waals surface area contributed by atoms with Crippen molar-refractivity contribution in [3.05, 3.63) is 29.8 Å². The van der Waals surface area contributed by atoms with Gasteiger partial charge in [-0.2, -0.15) is 24.4 Å². The van der Waals surface area contributed by atoms with E-state index in [1.165, 1.54) is 23.9 Å². The Morgan fingerprint density at radius 2 is 1.51 bits per heavy atom. The number of carbonyl (C=O) groups excluding carboxylic acids is 3. The van der Waals surface area contributed by atoms with Crippen molar-refractivity contribution in [1.82, 2.24) is 16.0 Å². The van der Waals surface area contributed by atoms with Crippen LogP contribution in [-0.2, 0) is 25.6 Å². The van der Waals surface area contributed by atoms with Crippen LogP contribution in [0.15, 0.2) is 24.3 Å². The van der Waals surface area contributed by atoms with E-state index in [4.69, 9.17) is 5.73 Å². The van der Waals surface area contributed by atoms with E-state index in [1.807, 2.05) is 20.1 Å². The maximum atomic E-state index is 13.0. The van der Waals surface area contributed by atoms with Crippen LogP contribution < -0.4 is 21.7 Å². The molecule has 0 spiro atoms. The average Bonchev–Trinajstić information content (AvgIpc) is 2.79. The molecule has 0 aliphatic carbocycles. The number of benzene rings is 1. The summed E-state index contributed by atoms with van der Waals surface area (Å²) in [5.74, 6) is -2.30. The molecule has 12 heteroatoms. The number of hydrogen-bond acceptors (Lipinski definition) is 8. The van der Waals surface area contributed by atoms with E-state index in [1.54, 1.807) is 12.1 Å². The highest BCUT2D eigenvalue weighted by atomic mass is 32.2. The maximum absolute atomic E-state index is 13.0. The van der Waals surface area contributed by atoms with Gasteiger partial charge in [0.15, 0.2) is 0 Å². The van der Waals surface area contributed by atoms with Crippen LogP contribution in [0.25, 0.3) is 0 Å². The summed E-state index contributed by atoms with van der Waals surface area (Å²) >= 11 is 5.60. The van der Waals surface area contributed by atoms with E-state index in [2.05, 4.69) is 28.6 Å². The molecule has 1 rings (SSSR count). The van der Waals surface area contributed by atoms with Gasteiger partial charge in [-0.05, 0) is 48.5 Å². The number of aromatic hydroxyl groups is 1. The fourth-order valence-corrected chi connectivity index (χ4v) is 3.93. The number of nitrogens with one attached hydrogen (secondary N) is 3. The van der Waals surface area contributed by atoms with Gasteiger partial charge >= 0.3 is 5.97 Å². The van der Waals surface area contributed by atoms with E-state index in [0.29, 0.717) is 17.7 Å². The summed E-state index contributed by atoms with van der Waals surface area (Å²) in [6.45, 7) is 3.85. The number of hydrogen-bond donors (Lipinski definition) is 7. The van der Waals surface area contributed by atoms with Gasteiger partial charge in [-0.3, -0.25) is 14.4 Å². The van der Waals surface area contributed by atoms with Crippen LogP contribution in [0.2, 0.25) is 0 Å². The fourth-order valence-electron chi connectivity index (χ4n) is 3.20. The summed E-state index contributed by atoms with van der Waals surface area (Å²) in [7, 11) is 0. The second-order valence-corrected chi connectivity index (χ2v) is 9.94. The number of amides is 3. The minimum atomic E-state index is -1.18. The normalized spacial score (nSPS) is 14.5. The van der Waals surface area contributed by atoms with Gasteiger partial charge in [-0.1, -0.05) is 26.0 Å². The van der Waals surface area contributed by atoms with Crippen molar-refractivity contribution >= 4 is 48.1 Å². The zero-order valence-corrected chi connectivity index (χ0v) is 21.9. The summed E-state index contributed by atoms with van der Waals surface area (Å²) in [5, 5.41) is 26.6. The number of thiol groups is 1. The highest BCUT2D eigenvalue weighted by molar-refractivity contribution is 7.98. The molecule has 3 amide bonds. The highest BCUT2D eigenvalue weighted by Crippen LogP contribution is 2.12. The highest BCUT2D eigenvalue weighted by Gasteiger charge is 2.30. The summed E-state index contributed by atoms with van der Waals surface area (Å²) in [5.41, 5.74) is 6.53. The molecule has 1 aromatic rings. The lowest BCUT2D eigenvalue weighted by molar-refractivity contribution is -0.142. The van der Waals surface area contributed by atoms with E-state index in [0.717, 1.165) is 0 Å². The third-order valence-corrected chi connectivity index (χ3v) is 6.12. The zero-order valence-electron chi connectivity index (χ0n) is 20.2. The number of phenolic OH excluding ortho intramolecular Hbond substituents is 1. The predicted octanol–water partition coefficient (Wildman–Crippen LogP) is 0.530. The number of nitrogens with two attached hydrogens (primary N) is 1. The van der Waals surface area contributed by atoms with Gasteiger partial charge in [0, 0.05) is 12.2 Å². The average molecular weight is 529 g/mol. The maximum Gasteiger partial charge on any atom is 0.326 e. The van der Waals surface area contributed by atoms with Gasteiger partial charge in [-0.25, -0.2) is 4.79 Å². The second-order valence-electron chi connectivity index (χ2n) is 8.59. The largest absolute Gasteiger partial charge is 0.508 e. The topological polar surface area (TPSA) is 171 Å². The molecule has 35 heavy (non-hydrogen) atoms. The van der Waals surface area contributed by atoms with Gasteiger partial charge in [0.2, 0.25) is 17.7 Å². The van der Waals surface area contributed by atoms with Crippen molar-refractivity contribution < 1.29 is 29.4 Å². The molecule has 0 saturated heterocycles. The lowest BCUT2D eigenvalue weighted by Gasteiger charge is -2.25. The van der Waals surface area contributed by atoms with Crippen LogP contribution in [0, 0.1) is 5.92 Å². The molecule has 1 aromatic carbocycles. The molecule has 0 bridgehead atoms. The number of aliphatic carboxylic acids is 1. The summed E-state index contributed by atoms with van der Waals surface area (Å²) < 4.78 is 0. The van der Waals surface area contributed by atoms with Crippen molar-refractivity contribution in [2.45, 2.75) is 57.3 Å². The Labute approximate surface area is 215 Å². The molecule has 4 atom stereocenters. The molecule has 0 saturated carbocycles. The number of thioether (sulfide) groups is 1. The zero-order chi connectivity index (χ0) is 26.5. The first-order valence-corrected chi connectivity index (χ1v) is 13.3. The van der Waals surface area contributed by atoms with Crippen molar-refractivity contribution in [3.8, 4) is 5.75 Å². The molecule has 0 aliphatic rings. The number of carbonyl (C=O) groups is 4. The minimum absolute atomic E-state index is 0.0345. The monoisotopic (exact) mass is 528 g/mol. The van der Waals surface area contributed by atoms with Crippen molar-refractivity contribution in [2.24, 2.45) is 11.7 Å². The third kappa shape index (κ3) is 11.2. The lowest BCUT2D eigenvalue weighted by atomic mass is 10.0. The minimum Gasteiger partial charge on any atom is -0.508 e. The van der Waals surface area contributed by atoms with Gasteiger partial charge in [0.25, 0.3) is 0 Å². The second kappa shape index (κ2) is 15.5. The first-order chi connectivity index (χ1) is 16.5. The molecule has 4 unspecified atom stereocenters. The van der Waals surface area contributed by atoms with E-state index in [9.17, 15) is 29.4 Å². The van der Waals surface area contributed by atoms with Crippen LogP contribution in [0.1, 0.15) is 32.3 Å². The van der Waals surface area contributed by atoms with Gasteiger partial charge < -0.3 is 31.9 Å². The molecular weight excluding hydrogens is 492 g/mol. The van der Waals surface area contributed by atoms with E-state index >= 15 is 0 Å². The summed E-state index contributed by atoms with van der Waals surface area (Å²) in [6.07, 6.45) is 2.51. The number of rotatable bonds is 15. The lowest BCUT2D eigenvalue weighted by Crippen LogP contribution is -2.58. The van der Waals surface area contributed by atoms with Crippen LogP contribution in [0.5, 0.6) is 5.75 Å². The molecule has 0 aliphatic heterocycles. The fraction of sp³-hybridized carbons (Fsp3) is 0.565. The van der Waals surface area contributed by atoms with Crippen molar-refractivity contribution in [1.29, 1.82) is 0 Å². The molecule has 7 N–H and O–H groups in total. The summed E-state index contributed by atoms with van der Waals surface area (Å²) in [6, 6.07) is 1.96. The van der Waals surface area contributed by atoms with Crippen molar-refractivity contribution in [2.75, 3.05) is 17.8 Å². The van der Waals surface area contributed by atoms with Crippen LogP contribution in [0.4, 0.5) is 0 Å². The molecule has 196 valence electrons. The SMILES string of the molecule is CSCCC(NC(=O)C(Cc1ccc(O)cc1)NC(=O)C(CS)NC(=O)C(N)CC(C)C)C(=O)O. The molecular formula is C23H36N4O6S2. The molecule has 0 fully saturated rings. The smallest absolute Gasteiger partial charge is 0.326 e. The Kier molecular flexibility index (Phi) is 13.6. The predicted molar refractivity (Wildman–Crippen MR) is 140 cm³/mol. The Bertz CT molecular complexity index is 853. The first-order valence-electron chi connectivity index (χ1n) is 11.3. The molecule has 0 radical (unpaired) electrons. The number of carboxylic acids is 1. The van der Waals surface area contributed by atoms with E-state index < -0.39 is 47.9 Å². The summed E-state index contributed by atoms with van der Waals surface area (Å²) in [4.78, 5) is 50.0. The van der Waals surface area contributed by atoms with Gasteiger partial charge in [0.05, 0.1) is 6.04 Å². The Morgan fingerprint density at radius 3 is 2.03 bits per heavy atom. The first kappa shape index (κ1) is 30.6. The quantitative estimate of drug-likeness (QED) is 0.162. The third-order valence-electron chi connectivity index (χ3n) is 5.11. The Hall–Kier alpha value is -2.44. The van der Waals surface area contributed by atoms with E-state index in [-0.39, 0.29) is 30.3 Å². The standard InChI is InChI=1S/C23H36N4O6S2/c1-13(2)10-16(24)20(29)27-19(12-34)22(31)26-18(11-14-4-6-15(28)7-5-14)21(30)25-17(23(32)33)8-9-35-3/h4-7,13,16-19,28,34H,8-12,24H2,1-3H3,(H,25,30)(H,26,31)(H,27,29)(H,32,33). The van der Waals surface area contributed by atoms with Gasteiger partial charge in [0.1, 0.15) is 23.9 Å². The Morgan fingerprint density at radius 1 is 0.971 bits per heavy atom. The van der Waals surface area contributed by atoms with Crippen LogP contribution in [0.3, 0.4) is 0 Å². The molecule has 0 aromatic heterocycles. The Balaban J connectivity index is 3.02. The number of carboxylic acid groups (broad SMARTS) is 1. The van der Waals surface area contributed by atoms with Crippen LogP contribution in [-0.4, -0.2) is 75.8 Å².